The van der Waals surface area contributed by atoms with E-state index >= 15 is 0 Å². The van der Waals surface area contributed by atoms with E-state index in [4.69, 9.17) is 17.3 Å². The Morgan fingerprint density at radius 2 is 1.97 bits per heavy atom. The molecule has 8 nitrogen and oxygen atoms in total. The number of fused-ring (bicyclic) bond motifs is 1. The van der Waals surface area contributed by atoms with Gasteiger partial charge in [0.25, 0.3) is 0 Å². The Labute approximate surface area is 183 Å². The second kappa shape index (κ2) is 8.37. The molecule has 3 heterocycles. The van der Waals surface area contributed by atoms with Gasteiger partial charge in [0.1, 0.15) is 5.82 Å². The number of thiazole rings is 1. The Balaban J connectivity index is 1.37. The van der Waals surface area contributed by atoms with Crippen LogP contribution in [-0.4, -0.2) is 61.1 Å². The summed E-state index contributed by atoms with van der Waals surface area (Å²) in [6.45, 7) is 2.15. The second-order valence-corrected chi connectivity index (χ2v) is 10.3. The molecule has 0 saturated carbocycles. The molecule has 2 N–H and O–H groups in total. The molecule has 30 heavy (non-hydrogen) atoms. The molecule has 3 aromatic rings. The third-order valence-corrected chi connectivity index (χ3v) is 8.12. The topological polar surface area (TPSA) is 109 Å². The Morgan fingerprint density at radius 3 is 2.73 bits per heavy atom. The summed E-state index contributed by atoms with van der Waals surface area (Å²) < 4.78 is 26.2. The van der Waals surface area contributed by atoms with E-state index in [0.717, 1.165) is 5.69 Å². The van der Waals surface area contributed by atoms with Crippen molar-refractivity contribution in [2.24, 2.45) is 0 Å². The van der Waals surface area contributed by atoms with Gasteiger partial charge in [-0.3, -0.25) is 4.79 Å². The highest BCUT2D eigenvalue weighted by atomic mass is 35.5. The first-order valence-corrected chi connectivity index (χ1v) is 12.2. The lowest BCUT2D eigenvalue weighted by molar-refractivity contribution is -0.131. The number of carbonyl (C=O) groups is 1. The number of amides is 1. The summed E-state index contributed by atoms with van der Waals surface area (Å²) >= 11 is 7.50. The van der Waals surface area contributed by atoms with E-state index in [1.807, 2.05) is 4.90 Å². The maximum Gasteiger partial charge on any atom is 0.223 e. The van der Waals surface area contributed by atoms with Gasteiger partial charge in [-0.15, -0.1) is 11.3 Å². The van der Waals surface area contributed by atoms with E-state index in [1.165, 1.54) is 17.5 Å². The highest BCUT2D eigenvalue weighted by molar-refractivity contribution is 7.91. The number of halogens is 1. The molecule has 4 rings (SSSR count). The van der Waals surface area contributed by atoms with Crippen LogP contribution in [0.1, 0.15) is 6.42 Å². The highest BCUT2D eigenvalue weighted by Gasteiger charge is 2.25. The van der Waals surface area contributed by atoms with Crippen LogP contribution in [0.2, 0.25) is 5.02 Å². The number of pyridine rings is 1. The minimum Gasteiger partial charge on any atom is -0.384 e. The smallest absolute Gasteiger partial charge is 0.223 e. The molecule has 0 unspecified atom stereocenters. The summed E-state index contributed by atoms with van der Waals surface area (Å²) in [6.07, 6.45) is 1.46. The molecule has 1 aliphatic heterocycles. The van der Waals surface area contributed by atoms with Gasteiger partial charge < -0.3 is 15.5 Å². The molecule has 0 aliphatic carbocycles. The molecule has 1 aliphatic rings. The van der Waals surface area contributed by atoms with Crippen LogP contribution in [0.15, 0.2) is 40.9 Å². The first-order valence-electron chi connectivity index (χ1n) is 9.34. The number of piperazine rings is 1. The lowest BCUT2D eigenvalue weighted by Crippen LogP contribution is -2.49. The number of aromatic nitrogens is 2. The maximum absolute atomic E-state index is 12.8. The predicted octanol–water partition coefficient (Wildman–Crippen LogP) is 2.44. The van der Waals surface area contributed by atoms with Gasteiger partial charge in [-0.05, 0) is 12.1 Å². The van der Waals surface area contributed by atoms with Crippen molar-refractivity contribution in [2.45, 2.75) is 11.3 Å². The van der Waals surface area contributed by atoms with E-state index in [0.29, 0.717) is 47.2 Å². The molecule has 0 spiro atoms. The number of nitrogens with zero attached hydrogens (tertiary/aromatic N) is 4. The molecule has 11 heteroatoms. The minimum atomic E-state index is -3.58. The summed E-state index contributed by atoms with van der Waals surface area (Å²) in [6, 6.07) is 6.74. The van der Waals surface area contributed by atoms with Crippen molar-refractivity contribution < 1.29 is 13.2 Å². The zero-order chi connectivity index (χ0) is 21.3. The Bertz CT molecular complexity index is 1190. The van der Waals surface area contributed by atoms with Gasteiger partial charge in [-0.2, -0.15) is 0 Å². The van der Waals surface area contributed by atoms with Crippen LogP contribution >= 0.6 is 22.9 Å². The Hall–Kier alpha value is -2.43. The third-order valence-electron chi connectivity index (χ3n) is 5.07. The normalized spacial score (nSPS) is 15.0. The number of benzene rings is 1. The van der Waals surface area contributed by atoms with Crippen LogP contribution in [0.3, 0.4) is 0 Å². The van der Waals surface area contributed by atoms with Crippen LogP contribution in [0.25, 0.3) is 10.2 Å². The zero-order valence-electron chi connectivity index (χ0n) is 16.0. The molecular formula is C19H20ClN5O3S2. The Morgan fingerprint density at radius 1 is 1.20 bits per heavy atom. The van der Waals surface area contributed by atoms with Crippen LogP contribution in [0, 0.1) is 0 Å². The summed E-state index contributed by atoms with van der Waals surface area (Å²) in [7, 11) is -3.58. The third kappa shape index (κ3) is 4.21. The van der Waals surface area contributed by atoms with Crippen molar-refractivity contribution in [1.29, 1.82) is 0 Å². The lowest BCUT2D eigenvalue weighted by atomic mass is 10.2. The molecule has 1 amide bonds. The number of anilines is 2. The predicted molar refractivity (Wildman–Crippen MR) is 119 cm³/mol. The van der Waals surface area contributed by atoms with Crippen LogP contribution in [-0.2, 0) is 14.6 Å². The molecule has 0 atom stereocenters. The average molecular weight is 466 g/mol. The first-order chi connectivity index (χ1) is 14.3. The van der Waals surface area contributed by atoms with E-state index in [-0.39, 0.29) is 23.0 Å². The number of hydrogen-bond acceptors (Lipinski definition) is 8. The fourth-order valence-corrected chi connectivity index (χ4v) is 6.26. The molecule has 0 radical (unpaired) electrons. The van der Waals surface area contributed by atoms with Gasteiger partial charge in [-0.1, -0.05) is 17.7 Å². The van der Waals surface area contributed by atoms with Crippen molar-refractivity contribution in [3.8, 4) is 0 Å². The Kier molecular flexibility index (Phi) is 5.81. The van der Waals surface area contributed by atoms with Crippen LogP contribution in [0.5, 0.6) is 0 Å². The summed E-state index contributed by atoms with van der Waals surface area (Å²) in [5.74, 6) is -0.0143. The van der Waals surface area contributed by atoms with E-state index in [1.54, 1.807) is 34.7 Å². The number of nitrogen functional groups attached to an aromatic ring is 1. The largest absolute Gasteiger partial charge is 0.384 e. The van der Waals surface area contributed by atoms with Crippen molar-refractivity contribution >= 4 is 60.4 Å². The van der Waals surface area contributed by atoms with Crippen molar-refractivity contribution in [3.05, 3.63) is 41.0 Å². The lowest BCUT2D eigenvalue weighted by Gasteiger charge is -2.36. The molecule has 158 valence electrons. The maximum atomic E-state index is 12.8. The minimum absolute atomic E-state index is 0.0551. The second-order valence-electron chi connectivity index (χ2n) is 6.95. The average Bonchev–Trinajstić information content (AvgIpc) is 3.23. The van der Waals surface area contributed by atoms with Gasteiger partial charge in [0, 0.05) is 44.9 Å². The zero-order valence-corrected chi connectivity index (χ0v) is 18.4. The molecule has 2 aromatic heterocycles. The van der Waals surface area contributed by atoms with Gasteiger partial charge in [0.2, 0.25) is 5.91 Å². The molecule has 1 saturated heterocycles. The van der Waals surface area contributed by atoms with E-state index in [2.05, 4.69) is 9.97 Å². The van der Waals surface area contributed by atoms with Gasteiger partial charge >= 0.3 is 0 Å². The van der Waals surface area contributed by atoms with Gasteiger partial charge in [0.05, 0.1) is 37.1 Å². The fraction of sp³-hybridized carbons (Fsp3) is 0.316. The monoisotopic (exact) mass is 465 g/mol. The highest BCUT2D eigenvalue weighted by Crippen LogP contribution is 2.28. The summed E-state index contributed by atoms with van der Waals surface area (Å²) in [4.78, 5) is 24.7. The number of rotatable bonds is 5. The summed E-state index contributed by atoms with van der Waals surface area (Å²) in [5, 5.41) is 0.507. The number of sulfone groups is 1. The fourth-order valence-electron chi connectivity index (χ4n) is 3.48. The van der Waals surface area contributed by atoms with Gasteiger partial charge in [0.15, 0.2) is 9.84 Å². The standard InChI is InChI=1S/C19H20ClN5O3S2/c20-13-11-22-17(21)10-15(13)24-5-7-25(8-6-24)18(26)4-9-30(27,28)16-3-1-2-14-19(16)29-12-23-14/h1-3,10-12H,4-9H2,(H2,21,22). The first kappa shape index (κ1) is 20.8. The SMILES string of the molecule is Nc1cc(N2CCN(C(=O)CCS(=O)(=O)c3cccc4ncsc34)CC2)c(Cl)cn1. The molecule has 0 bridgehead atoms. The summed E-state index contributed by atoms with van der Waals surface area (Å²) in [5.41, 5.74) is 8.81. The van der Waals surface area contributed by atoms with Crippen LogP contribution < -0.4 is 10.6 Å². The van der Waals surface area contributed by atoms with E-state index in [9.17, 15) is 13.2 Å². The van der Waals surface area contributed by atoms with Crippen molar-refractivity contribution in [1.82, 2.24) is 14.9 Å². The van der Waals surface area contributed by atoms with Crippen molar-refractivity contribution in [3.63, 3.8) is 0 Å². The molecule has 1 fully saturated rings. The molecular weight excluding hydrogens is 446 g/mol. The van der Waals surface area contributed by atoms with Crippen LogP contribution in [0.4, 0.5) is 11.5 Å². The quantitative estimate of drug-likeness (QED) is 0.616. The number of nitrogens with two attached hydrogens (primary N) is 1. The van der Waals surface area contributed by atoms with Gasteiger partial charge in [-0.25, -0.2) is 18.4 Å². The number of hydrogen-bond donors (Lipinski definition) is 1. The number of carbonyl (C=O) groups excluding carboxylic acids is 1. The van der Waals surface area contributed by atoms with E-state index < -0.39 is 9.84 Å². The molecule has 1 aromatic carbocycles. The van der Waals surface area contributed by atoms with Crippen molar-refractivity contribution in [2.75, 3.05) is 42.6 Å².